The summed E-state index contributed by atoms with van der Waals surface area (Å²) < 4.78 is 2.83. The molecule has 0 fully saturated rings. The molecule has 2 aliphatic rings. The van der Waals surface area contributed by atoms with Crippen molar-refractivity contribution in [3.8, 4) is 0 Å². The Balaban J connectivity index is 0.000000172. The molecular weight excluding hydrogens is 1140 g/mol. The van der Waals surface area contributed by atoms with E-state index >= 15 is 0 Å². The fraction of sp³-hybridized carbons (Fsp3) is 0.189. The van der Waals surface area contributed by atoms with Crippen LogP contribution in [0, 0.1) is 12.2 Å². The van der Waals surface area contributed by atoms with Crippen LogP contribution in [0.25, 0.3) is 43.1 Å². The first-order valence-electron chi connectivity index (χ1n) is 27.4. The zero-order valence-electron chi connectivity index (χ0n) is 45.9. The fourth-order valence-electron chi connectivity index (χ4n) is 9.53. The Hall–Kier alpha value is -5.45. The van der Waals surface area contributed by atoms with Gasteiger partial charge >= 0.3 is 198 Å². The van der Waals surface area contributed by atoms with E-state index in [9.17, 15) is 0 Å². The van der Waals surface area contributed by atoms with E-state index in [0.717, 1.165) is 12.8 Å². The van der Waals surface area contributed by atoms with Gasteiger partial charge in [-0.25, -0.2) is 23.3 Å². The summed E-state index contributed by atoms with van der Waals surface area (Å²) in [5.41, 5.74) is 11.4. The fourth-order valence-corrected chi connectivity index (χ4v) is 11.2. The first-order chi connectivity index (χ1) is 37.4. The molecule has 4 heteroatoms. The summed E-state index contributed by atoms with van der Waals surface area (Å²) in [6, 6.07) is 80.8. The molecule has 10 aromatic rings. The second-order valence-electron chi connectivity index (χ2n) is 19.2. The Morgan fingerprint density at radius 1 is 0.333 bits per heavy atom. The maximum absolute atomic E-state index is 3.42. The minimum absolute atomic E-state index is 0. The monoisotopic (exact) mass is 1210 g/mol. The van der Waals surface area contributed by atoms with Crippen LogP contribution in [0.2, 0.25) is 0 Å². The molecule has 0 saturated carbocycles. The zero-order chi connectivity index (χ0) is 53.2. The summed E-state index contributed by atoms with van der Waals surface area (Å²) in [6.45, 7) is 8.91. The van der Waals surface area contributed by atoms with Gasteiger partial charge < -0.3 is 24.8 Å². The quantitative estimate of drug-likeness (QED) is 0.107. The van der Waals surface area contributed by atoms with Crippen molar-refractivity contribution in [2.75, 3.05) is 0 Å². The second-order valence-corrected chi connectivity index (χ2v) is 21.7. The Morgan fingerprint density at radius 3 is 0.808 bits per heavy atom. The number of rotatable bonds is 12. The average molecular weight is 1210 g/mol. The van der Waals surface area contributed by atoms with Crippen LogP contribution in [-0.4, -0.2) is 6.41 Å². The van der Waals surface area contributed by atoms with Gasteiger partial charge in [0.2, 0.25) is 0 Å². The molecule has 392 valence electrons. The Labute approximate surface area is 509 Å². The number of fused-ring (bicyclic) bond motifs is 6. The predicted octanol–water partition coefficient (Wildman–Crippen LogP) is 14.3. The Morgan fingerprint density at radius 2 is 0.564 bits per heavy atom. The van der Waals surface area contributed by atoms with Gasteiger partial charge in [0.1, 0.15) is 0 Å². The van der Waals surface area contributed by atoms with Gasteiger partial charge in [-0.15, -0.1) is 92.3 Å². The van der Waals surface area contributed by atoms with Crippen molar-refractivity contribution in [3.63, 3.8) is 0 Å². The largest absolute Gasteiger partial charge is 0.126 e. The molecule has 0 spiro atoms. The third-order valence-corrected chi connectivity index (χ3v) is 16.2. The van der Waals surface area contributed by atoms with Gasteiger partial charge in [-0.3, -0.25) is 12.2 Å². The first-order valence-corrected chi connectivity index (χ1v) is 29.9. The maximum atomic E-state index is 3.42. The molecule has 0 unspecified atom stereocenters. The van der Waals surface area contributed by atoms with Gasteiger partial charge in [-0.05, 0) is 12.8 Å². The van der Waals surface area contributed by atoms with Crippen molar-refractivity contribution in [2.45, 2.75) is 91.9 Å². The summed E-state index contributed by atoms with van der Waals surface area (Å²) in [6.07, 6.45) is 23.7. The molecule has 0 aliphatic heterocycles. The normalized spacial score (nSPS) is 11.9. The Bertz CT molecular complexity index is 3060. The number of halogens is 2. The van der Waals surface area contributed by atoms with Gasteiger partial charge in [0.25, 0.3) is 0 Å². The molecule has 0 bridgehead atoms. The van der Waals surface area contributed by atoms with E-state index in [0.29, 0.717) is 0 Å². The molecule has 10 aromatic carbocycles. The predicted molar refractivity (Wildman–Crippen MR) is 325 cm³/mol. The van der Waals surface area contributed by atoms with Crippen molar-refractivity contribution in [1.82, 2.24) is 0 Å². The van der Waals surface area contributed by atoms with Crippen molar-refractivity contribution in [1.29, 1.82) is 0 Å². The molecule has 0 aromatic heterocycles. The van der Waals surface area contributed by atoms with E-state index in [1.807, 2.05) is 0 Å². The number of benzene rings is 8. The minimum atomic E-state index is 0. The summed E-state index contributed by atoms with van der Waals surface area (Å²) in [7, 11) is 0. The van der Waals surface area contributed by atoms with Crippen LogP contribution in [0.1, 0.15) is 114 Å². The molecule has 78 heavy (non-hydrogen) atoms. The molecular formula is C74H72Cl2Zr2-2. The van der Waals surface area contributed by atoms with Crippen molar-refractivity contribution in [3.05, 3.63) is 299 Å². The van der Waals surface area contributed by atoms with Crippen LogP contribution in [0.15, 0.2) is 265 Å². The minimum Gasteiger partial charge on any atom is -0.126 e. The van der Waals surface area contributed by atoms with Gasteiger partial charge in [0, 0.05) is 0 Å². The second kappa shape index (κ2) is 35.2. The van der Waals surface area contributed by atoms with Gasteiger partial charge in [0.05, 0.1) is 0 Å². The third-order valence-electron chi connectivity index (χ3n) is 13.3. The van der Waals surface area contributed by atoms with E-state index in [1.54, 1.807) is 11.1 Å². The van der Waals surface area contributed by atoms with Crippen LogP contribution >= 0.6 is 0 Å². The van der Waals surface area contributed by atoms with E-state index in [1.165, 1.54) is 183 Å². The molecule has 12 rings (SSSR count). The standard InChI is InChI=1S/2C13H9.2C13H10.2C11H17.2ClH.2Zr/c2*1-3-7-12-10(5-1)9-11-6-2-4-8-13(11)12;2*1-3-7-12(8-4-1)11-13-9-5-2-6-10-13;2*1-3-5-10-7-8-11(9-10)6-4-2;;;;/h2*1-9H;2*1-10H;2*9H,3-7H2,1-2H3;2*1H;;/q2*-1;;;2*-1;;;2*+2/p-2. The summed E-state index contributed by atoms with van der Waals surface area (Å²) in [5.74, 6) is 0. The number of hydrogen-bond donors (Lipinski definition) is 0. The molecule has 2 aliphatic carbocycles. The van der Waals surface area contributed by atoms with Crippen molar-refractivity contribution >= 4 is 49.5 Å². The molecule has 0 amide bonds. The van der Waals surface area contributed by atoms with Crippen LogP contribution < -0.4 is 24.8 Å². The van der Waals surface area contributed by atoms with E-state index in [4.69, 9.17) is 0 Å². The van der Waals surface area contributed by atoms with E-state index < -0.39 is 0 Å². The van der Waals surface area contributed by atoms with E-state index in [-0.39, 0.29) is 24.8 Å². The third kappa shape index (κ3) is 19.4. The smallest absolute Gasteiger partial charge is 0.0771 e. The maximum Gasteiger partial charge on any atom is -0.0771 e. The molecule has 0 atom stereocenters. The van der Waals surface area contributed by atoms with Gasteiger partial charge in [-0.1, -0.05) is 139 Å². The average Bonchev–Trinajstić information content (AvgIpc) is 4.35. The van der Waals surface area contributed by atoms with Crippen LogP contribution in [-0.2, 0) is 48.5 Å². The number of allylic oxidation sites excluding steroid dienone is 8. The summed E-state index contributed by atoms with van der Waals surface area (Å²) in [4.78, 5) is 0. The molecule has 0 nitrogen and oxygen atoms in total. The topological polar surface area (TPSA) is 0 Å². The van der Waals surface area contributed by atoms with E-state index in [2.05, 4.69) is 283 Å². The molecule has 0 radical (unpaired) electrons. The van der Waals surface area contributed by atoms with Crippen LogP contribution in [0.3, 0.4) is 0 Å². The first kappa shape index (κ1) is 63.4. The van der Waals surface area contributed by atoms with Gasteiger partial charge in [0.15, 0.2) is 0 Å². The summed E-state index contributed by atoms with van der Waals surface area (Å²) >= 11 is 2.92. The molecule has 0 heterocycles. The molecule has 0 saturated heterocycles. The summed E-state index contributed by atoms with van der Waals surface area (Å²) in [5, 5.41) is 10.8. The zero-order valence-corrected chi connectivity index (χ0v) is 52.3. The number of hydrogen-bond acceptors (Lipinski definition) is 0. The van der Waals surface area contributed by atoms with Gasteiger partial charge in [-0.2, -0.15) is 11.1 Å². The Kier molecular flexibility index (Phi) is 28.6. The molecule has 0 N–H and O–H groups in total. The van der Waals surface area contributed by atoms with Crippen LogP contribution in [0.4, 0.5) is 0 Å². The van der Waals surface area contributed by atoms with Crippen molar-refractivity contribution < 1.29 is 73.3 Å². The van der Waals surface area contributed by atoms with Crippen molar-refractivity contribution in [2.24, 2.45) is 0 Å². The SMILES string of the molecule is CCCC1=[C-]CC(CCC)=C1.CCCC1=[C-]CC(CCC)=C1.[Cl-].[Cl-].[Zr+2]=[C](c1ccccc1)c1ccccc1.[Zr+2]=[C](c1ccccc1)c1ccccc1.c1ccc2c(c1)[cH-]c1ccccc12.c1ccc2c(c1)[cH-]c1ccccc12. The van der Waals surface area contributed by atoms with Crippen LogP contribution in [0.5, 0.6) is 0 Å².